The van der Waals surface area contributed by atoms with E-state index >= 15 is 0 Å². The van der Waals surface area contributed by atoms with E-state index in [4.69, 9.17) is 14.2 Å². The molecule has 2 aromatic carbocycles. The van der Waals surface area contributed by atoms with Crippen molar-refractivity contribution in [1.82, 2.24) is 4.90 Å². The van der Waals surface area contributed by atoms with Gasteiger partial charge in [-0.1, -0.05) is 35.5 Å². The van der Waals surface area contributed by atoms with Crippen LogP contribution in [0.25, 0.3) is 6.08 Å². The van der Waals surface area contributed by atoms with Crippen molar-refractivity contribution in [3.63, 3.8) is 0 Å². The number of rotatable bonds is 4. The largest absolute Gasteiger partial charge is 0.454 e. The molecule has 2 atom stereocenters. The number of morpholine rings is 1. The molecule has 0 spiro atoms. The van der Waals surface area contributed by atoms with Gasteiger partial charge in [-0.2, -0.15) is 0 Å². The van der Waals surface area contributed by atoms with Crippen LogP contribution < -0.4 is 14.4 Å². The first-order chi connectivity index (χ1) is 16.9. The molecule has 2 aromatic rings. The molecular formula is C26H27N3O5S. The van der Waals surface area contributed by atoms with Crippen molar-refractivity contribution < 1.29 is 23.8 Å². The van der Waals surface area contributed by atoms with Crippen LogP contribution in [0.4, 0.5) is 5.69 Å². The highest BCUT2D eigenvalue weighted by atomic mass is 32.2. The number of ether oxygens (including phenoxy) is 3. The van der Waals surface area contributed by atoms with Crippen molar-refractivity contribution >= 4 is 40.5 Å². The van der Waals surface area contributed by atoms with Crippen molar-refractivity contribution in [2.24, 2.45) is 4.99 Å². The Kier molecular flexibility index (Phi) is 6.53. The van der Waals surface area contributed by atoms with E-state index in [1.165, 1.54) is 11.8 Å². The average Bonchev–Trinajstić information content (AvgIpc) is 3.41. The second-order valence-electron chi connectivity index (χ2n) is 8.86. The summed E-state index contributed by atoms with van der Waals surface area (Å²) in [6, 6.07) is 13.2. The van der Waals surface area contributed by atoms with Crippen LogP contribution in [0.1, 0.15) is 25.0 Å². The minimum atomic E-state index is -0.241. The lowest BCUT2D eigenvalue weighted by atomic mass is 10.1. The monoisotopic (exact) mass is 493 g/mol. The maximum atomic E-state index is 13.4. The number of carbonyl (C=O) groups is 2. The molecule has 0 radical (unpaired) electrons. The molecule has 9 heteroatoms. The molecule has 35 heavy (non-hydrogen) atoms. The van der Waals surface area contributed by atoms with Gasteiger partial charge >= 0.3 is 0 Å². The fourth-order valence-corrected chi connectivity index (χ4v) is 5.19. The van der Waals surface area contributed by atoms with E-state index in [-0.39, 0.29) is 36.6 Å². The molecule has 0 aromatic heterocycles. The standard InChI is InChI=1S/C26H27N3O5S/c1-16-4-7-20(8-5-16)29-25(31)21(10-19-6-9-22-23(11-19)33-15-32-22)27-26(29)35-14-24(30)28-12-17(2)34-18(3)13-28/h4-11,17-18H,12-15H2,1-3H3/b21-10-. The highest BCUT2D eigenvalue weighted by Gasteiger charge is 2.33. The van der Waals surface area contributed by atoms with Gasteiger partial charge in [0.15, 0.2) is 16.7 Å². The Bertz CT molecular complexity index is 1200. The number of thioether (sulfide) groups is 1. The van der Waals surface area contributed by atoms with Crippen molar-refractivity contribution in [1.29, 1.82) is 0 Å². The van der Waals surface area contributed by atoms with Crippen LogP contribution in [0.15, 0.2) is 53.2 Å². The maximum Gasteiger partial charge on any atom is 0.283 e. The van der Waals surface area contributed by atoms with E-state index in [1.807, 2.05) is 68.1 Å². The van der Waals surface area contributed by atoms with E-state index < -0.39 is 0 Å². The Hall–Kier alpha value is -3.30. The van der Waals surface area contributed by atoms with Crippen molar-refractivity contribution in [2.45, 2.75) is 33.0 Å². The fourth-order valence-electron chi connectivity index (χ4n) is 4.27. The SMILES string of the molecule is Cc1ccc(N2C(=O)/C(=C/c3ccc4c(c3)OCO4)N=C2SCC(=O)N2CC(C)OC(C)C2)cc1. The van der Waals surface area contributed by atoms with Gasteiger partial charge in [0.05, 0.1) is 23.6 Å². The summed E-state index contributed by atoms with van der Waals surface area (Å²) in [6.45, 7) is 7.23. The van der Waals surface area contributed by atoms with Crippen molar-refractivity contribution in [3.05, 3.63) is 59.3 Å². The van der Waals surface area contributed by atoms with Gasteiger partial charge in [0, 0.05) is 13.1 Å². The first kappa shape index (κ1) is 23.4. The first-order valence-electron chi connectivity index (χ1n) is 11.5. The van der Waals surface area contributed by atoms with Crippen LogP contribution in [-0.2, 0) is 14.3 Å². The molecule has 5 rings (SSSR count). The summed E-state index contributed by atoms with van der Waals surface area (Å²) in [5, 5.41) is 0.480. The Balaban J connectivity index is 1.39. The predicted octanol–water partition coefficient (Wildman–Crippen LogP) is 3.84. The van der Waals surface area contributed by atoms with Gasteiger partial charge in [0.1, 0.15) is 5.70 Å². The molecule has 0 N–H and O–H groups in total. The minimum absolute atomic E-state index is 0.00149. The number of amides is 2. The molecule has 0 saturated carbocycles. The number of anilines is 1. The summed E-state index contributed by atoms with van der Waals surface area (Å²) in [4.78, 5) is 34.4. The van der Waals surface area contributed by atoms with Gasteiger partial charge in [0.25, 0.3) is 5.91 Å². The number of benzene rings is 2. The van der Waals surface area contributed by atoms with Crippen LogP contribution in [0.3, 0.4) is 0 Å². The third kappa shape index (κ3) is 5.06. The van der Waals surface area contributed by atoms with Crippen LogP contribution >= 0.6 is 11.8 Å². The van der Waals surface area contributed by atoms with E-state index in [0.29, 0.717) is 41.1 Å². The van der Waals surface area contributed by atoms with E-state index in [1.54, 1.807) is 11.0 Å². The van der Waals surface area contributed by atoms with Gasteiger partial charge in [-0.05, 0) is 56.7 Å². The molecule has 0 aliphatic carbocycles. The summed E-state index contributed by atoms with van der Waals surface area (Å²) in [6.07, 6.45) is 1.73. The Morgan fingerprint density at radius 1 is 1.09 bits per heavy atom. The molecule has 2 unspecified atom stereocenters. The number of fused-ring (bicyclic) bond motifs is 1. The molecule has 0 bridgehead atoms. The average molecular weight is 494 g/mol. The number of carbonyl (C=O) groups excluding carboxylic acids is 2. The number of hydrogen-bond acceptors (Lipinski definition) is 7. The fraction of sp³-hybridized carbons (Fsp3) is 0.346. The Morgan fingerprint density at radius 2 is 1.80 bits per heavy atom. The van der Waals surface area contributed by atoms with E-state index in [9.17, 15) is 9.59 Å². The normalized spacial score (nSPS) is 22.7. The highest BCUT2D eigenvalue weighted by Crippen LogP contribution is 2.34. The number of aliphatic imine (C=N–C) groups is 1. The lowest BCUT2D eigenvalue weighted by Crippen LogP contribution is -2.49. The Morgan fingerprint density at radius 3 is 2.54 bits per heavy atom. The molecule has 3 heterocycles. The molecule has 3 aliphatic heterocycles. The highest BCUT2D eigenvalue weighted by molar-refractivity contribution is 8.14. The molecule has 182 valence electrons. The molecule has 1 fully saturated rings. The summed E-state index contributed by atoms with van der Waals surface area (Å²) < 4.78 is 16.6. The van der Waals surface area contributed by atoms with Crippen molar-refractivity contribution in [3.8, 4) is 11.5 Å². The maximum absolute atomic E-state index is 13.4. The van der Waals surface area contributed by atoms with Gasteiger partial charge < -0.3 is 19.1 Å². The molecule has 3 aliphatic rings. The molecule has 2 amide bonds. The van der Waals surface area contributed by atoms with Gasteiger partial charge in [-0.3, -0.25) is 14.5 Å². The van der Waals surface area contributed by atoms with Crippen LogP contribution in [0.2, 0.25) is 0 Å². The van der Waals surface area contributed by atoms with E-state index in [0.717, 1.165) is 11.1 Å². The number of hydrogen-bond donors (Lipinski definition) is 0. The zero-order valence-corrected chi connectivity index (χ0v) is 20.7. The predicted molar refractivity (Wildman–Crippen MR) is 136 cm³/mol. The third-order valence-corrected chi connectivity index (χ3v) is 6.84. The van der Waals surface area contributed by atoms with Gasteiger partial charge in [-0.15, -0.1) is 0 Å². The summed E-state index contributed by atoms with van der Waals surface area (Å²) in [5.41, 5.74) is 2.88. The van der Waals surface area contributed by atoms with Gasteiger partial charge in [-0.25, -0.2) is 4.99 Å². The molecule has 1 saturated heterocycles. The van der Waals surface area contributed by atoms with Crippen molar-refractivity contribution in [2.75, 3.05) is 30.5 Å². The second-order valence-corrected chi connectivity index (χ2v) is 9.80. The summed E-state index contributed by atoms with van der Waals surface area (Å²) in [7, 11) is 0. The summed E-state index contributed by atoms with van der Waals surface area (Å²) in [5.74, 6) is 1.26. The number of nitrogens with zero attached hydrogens (tertiary/aromatic N) is 3. The van der Waals surface area contributed by atoms with Crippen LogP contribution in [-0.4, -0.2) is 59.7 Å². The first-order valence-corrected chi connectivity index (χ1v) is 12.5. The summed E-state index contributed by atoms with van der Waals surface area (Å²) >= 11 is 1.27. The number of aryl methyl sites for hydroxylation is 1. The molecular weight excluding hydrogens is 466 g/mol. The molecule has 8 nitrogen and oxygen atoms in total. The zero-order chi connectivity index (χ0) is 24.5. The van der Waals surface area contributed by atoms with E-state index in [2.05, 4.69) is 4.99 Å². The zero-order valence-electron chi connectivity index (χ0n) is 19.9. The van der Waals surface area contributed by atoms with Crippen LogP contribution in [0, 0.1) is 6.92 Å². The van der Waals surface area contributed by atoms with Gasteiger partial charge in [0.2, 0.25) is 12.7 Å². The quantitative estimate of drug-likeness (QED) is 0.602. The topological polar surface area (TPSA) is 80.7 Å². The lowest BCUT2D eigenvalue weighted by molar-refractivity contribution is -0.140. The van der Waals surface area contributed by atoms with Crippen LogP contribution in [0.5, 0.6) is 11.5 Å². The third-order valence-electron chi connectivity index (χ3n) is 5.92. The second kappa shape index (κ2) is 9.75. The number of amidine groups is 1. The smallest absolute Gasteiger partial charge is 0.283 e. The Labute approximate surface area is 208 Å². The minimum Gasteiger partial charge on any atom is -0.454 e. The lowest BCUT2D eigenvalue weighted by Gasteiger charge is -2.35.